The van der Waals surface area contributed by atoms with Gasteiger partial charge in [-0.3, -0.25) is 0 Å². The van der Waals surface area contributed by atoms with E-state index >= 15 is 0 Å². The molecule has 0 aliphatic heterocycles. The summed E-state index contributed by atoms with van der Waals surface area (Å²) in [5, 5.41) is 11.0. The summed E-state index contributed by atoms with van der Waals surface area (Å²) in [7, 11) is 0. The highest BCUT2D eigenvalue weighted by molar-refractivity contribution is 5.73. The van der Waals surface area contributed by atoms with Gasteiger partial charge in [-0.15, -0.1) is 13.2 Å². The van der Waals surface area contributed by atoms with E-state index in [1.807, 2.05) is 0 Å². The topological polar surface area (TPSA) is 70.1 Å². The van der Waals surface area contributed by atoms with E-state index in [1.165, 1.54) is 6.08 Å². The lowest BCUT2D eigenvalue weighted by Crippen LogP contribution is -2.51. The zero-order valence-corrected chi connectivity index (χ0v) is 11.8. The van der Waals surface area contributed by atoms with Crippen LogP contribution >= 0.6 is 0 Å². The van der Waals surface area contributed by atoms with Gasteiger partial charge in [0.05, 0.1) is 6.54 Å². The molecule has 6 heteroatoms. The van der Waals surface area contributed by atoms with E-state index in [-0.39, 0.29) is 13.1 Å². The van der Waals surface area contributed by atoms with Crippen molar-refractivity contribution in [3.63, 3.8) is 0 Å². The number of carbonyl (C=O) groups is 2. The second kappa shape index (κ2) is 7.45. The first kappa shape index (κ1) is 17.0. The molecule has 0 aromatic carbocycles. The van der Waals surface area contributed by atoms with Crippen molar-refractivity contribution < 1.29 is 19.4 Å². The average Bonchev–Trinajstić information content (AvgIpc) is 2.25. The predicted molar refractivity (Wildman–Crippen MR) is 72.7 cm³/mol. The monoisotopic (exact) mass is 270 g/mol. The van der Waals surface area contributed by atoms with Crippen molar-refractivity contribution in [2.45, 2.75) is 32.8 Å². The van der Waals surface area contributed by atoms with Crippen molar-refractivity contribution in [3.8, 4) is 0 Å². The molecule has 0 bridgehead atoms. The number of hydrogen-bond donors (Lipinski definition) is 1. The van der Waals surface area contributed by atoms with Gasteiger partial charge in [-0.05, 0) is 27.2 Å². The van der Waals surface area contributed by atoms with Crippen LogP contribution in [0, 0.1) is 0 Å². The molecule has 0 aliphatic carbocycles. The van der Waals surface area contributed by atoms with E-state index in [1.54, 1.807) is 26.8 Å². The Hall–Kier alpha value is -1.98. The third kappa shape index (κ3) is 6.49. The number of hydrazine groups is 1. The van der Waals surface area contributed by atoms with Crippen LogP contribution in [0.5, 0.6) is 0 Å². The summed E-state index contributed by atoms with van der Waals surface area (Å²) in [6.45, 7) is 12.4. The molecule has 0 saturated carbocycles. The molecule has 0 atom stereocenters. The minimum absolute atomic E-state index is 0.00567. The predicted octanol–water partition coefficient (Wildman–Crippen LogP) is 2.88. The Morgan fingerprint density at radius 3 is 2.16 bits per heavy atom. The van der Waals surface area contributed by atoms with Crippen LogP contribution in [-0.2, 0) is 4.74 Å². The summed E-state index contributed by atoms with van der Waals surface area (Å²) in [5.74, 6) is 0. The number of amides is 2. The molecular weight excluding hydrogens is 248 g/mol. The van der Waals surface area contributed by atoms with E-state index in [0.29, 0.717) is 6.42 Å². The molecule has 2 amide bonds. The Kier molecular flexibility index (Phi) is 6.68. The van der Waals surface area contributed by atoms with Crippen LogP contribution < -0.4 is 0 Å². The van der Waals surface area contributed by atoms with Gasteiger partial charge in [0, 0.05) is 6.54 Å². The van der Waals surface area contributed by atoms with Crippen LogP contribution in [0.3, 0.4) is 0 Å². The quantitative estimate of drug-likeness (QED) is 0.616. The number of rotatable bonds is 5. The van der Waals surface area contributed by atoms with Crippen molar-refractivity contribution in [1.29, 1.82) is 0 Å². The van der Waals surface area contributed by atoms with Crippen molar-refractivity contribution in [1.82, 2.24) is 10.0 Å². The minimum Gasteiger partial charge on any atom is -0.464 e. The average molecular weight is 270 g/mol. The first-order valence-electron chi connectivity index (χ1n) is 5.95. The summed E-state index contributed by atoms with van der Waals surface area (Å²) in [6, 6.07) is 0. The molecule has 19 heavy (non-hydrogen) atoms. The Labute approximate surface area is 113 Å². The third-order valence-corrected chi connectivity index (χ3v) is 1.96. The lowest BCUT2D eigenvalue weighted by atomic mass is 10.2. The zero-order chi connectivity index (χ0) is 15.1. The number of carbonyl (C=O) groups excluding carboxylic acids is 1. The number of ether oxygens (including phenoxy) is 1. The largest absolute Gasteiger partial charge is 0.464 e. The fourth-order valence-corrected chi connectivity index (χ4v) is 1.24. The molecule has 0 aromatic heterocycles. The maximum atomic E-state index is 12.0. The van der Waals surface area contributed by atoms with Gasteiger partial charge in [-0.2, -0.15) is 0 Å². The molecule has 0 spiro atoms. The van der Waals surface area contributed by atoms with E-state index in [2.05, 4.69) is 13.2 Å². The molecule has 0 fully saturated rings. The number of nitrogens with zero attached hydrogens (tertiary/aromatic N) is 2. The van der Waals surface area contributed by atoms with Gasteiger partial charge in [0.1, 0.15) is 5.60 Å². The highest BCUT2D eigenvalue weighted by Gasteiger charge is 2.28. The Morgan fingerprint density at radius 1 is 1.21 bits per heavy atom. The fourth-order valence-electron chi connectivity index (χ4n) is 1.24. The second-order valence-electron chi connectivity index (χ2n) is 4.83. The van der Waals surface area contributed by atoms with Gasteiger partial charge in [-0.25, -0.2) is 19.6 Å². The van der Waals surface area contributed by atoms with Crippen LogP contribution in [0.2, 0.25) is 0 Å². The van der Waals surface area contributed by atoms with Gasteiger partial charge < -0.3 is 9.84 Å². The summed E-state index contributed by atoms with van der Waals surface area (Å²) >= 11 is 0. The molecule has 108 valence electrons. The van der Waals surface area contributed by atoms with Crippen molar-refractivity contribution in [2.75, 3.05) is 13.1 Å². The molecule has 1 N–H and O–H groups in total. The van der Waals surface area contributed by atoms with Crippen LogP contribution in [0.15, 0.2) is 25.3 Å². The molecule has 0 aromatic rings. The lowest BCUT2D eigenvalue weighted by Gasteiger charge is -2.33. The zero-order valence-electron chi connectivity index (χ0n) is 11.8. The molecule has 0 radical (unpaired) electrons. The first-order chi connectivity index (χ1) is 8.72. The fraction of sp³-hybridized carbons (Fsp3) is 0.538. The number of hydrogen-bond acceptors (Lipinski definition) is 3. The van der Waals surface area contributed by atoms with Gasteiger partial charge in [0.25, 0.3) is 0 Å². The molecule has 0 rings (SSSR count). The Morgan fingerprint density at radius 2 is 1.79 bits per heavy atom. The molecule has 0 saturated heterocycles. The van der Waals surface area contributed by atoms with E-state index < -0.39 is 17.8 Å². The lowest BCUT2D eigenvalue weighted by molar-refractivity contribution is -0.0357. The third-order valence-electron chi connectivity index (χ3n) is 1.96. The van der Waals surface area contributed by atoms with Gasteiger partial charge in [0.2, 0.25) is 0 Å². The summed E-state index contributed by atoms with van der Waals surface area (Å²) < 4.78 is 5.19. The maximum Gasteiger partial charge on any atom is 0.429 e. The molecule has 0 aliphatic rings. The van der Waals surface area contributed by atoms with Crippen LogP contribution in [0.1, 0.15) is 27.2 Å². The highest BCUT2D eigenvalue weighted by atomic mass is 16.6. The van der Waals surface area contributed by atoms with Crippen molar-refractivity contribution in [2.24, 2.45) is 0 Å². The number of carboxylic acid groups (broad SMARTS) is 1. The van der Waals surface area contributed by atoms with Crippen LogP contribution in [0.25, 0.3) is 0 Å². The van der Waals surface area contributed by atoms with Crippen molar-refractivity contribution >= 4 is 12.2 Å². The van der Waals surface area contributed by atoms with Gasteiger partial charge >= 0.3 is 12.2 Å². The molecular formula is C13H22N2O4. The van der Waals surface area contributed by atoms with Gasteiger partial charge in [0.15, 0.2) is 0 Å². The summed E-state index contributed by atoms with van der Waals surface area (Å²) in [5.41, 5.74) is -0.693. The summed E-state index contributed by atoms with van der Waals surface area (Å²) in [6.07, 6.45) is 1.51. The highest BCUT2D eigenvalue weighted by Crippen LogP contribution is 2.12. The first-order valence-corrected chi connectivity index (χ1v) is 5.95. The Balaban J connectivity index is 5.04. The standard InChI is InChI=1S/C13H22N2O4/c1-6-8-10-15(12(18)19-13(3,4)5)14(9-7-2)11(16)17/h6-7H,1-2,8-10H2,3-5H3,(H,16,17). The normalized spacial score (nSPS) is 10.5. The molecule has 0 unspecified atom stereocenters. The van der Waals surface area contributed by atoms with Crippen molar-refractivity contribution in [3.05, 3.63) is 25.3 Å². The van der Waals surface area contributed by atoms with Crippen LogP contribution in [-0.4, -0.2) is 46.0 Å². The Bertz CT molecular complexity index is 347. The van der Waals surface area contributed by atoms with E-state index in [9.17, 15) is 9.59 Å². The van der Waals surface area contributed by atoms with Crippen LogP contribution in [0.4, 0.5) is 9.59 Å². The SMILES string of the molecule is C=CCCN(C(=O)OC(C)(C)C)N(CC=C)C(=O)O. The minimum atomic E-state index is -1.24. The summed E-state index contributed by atoms with van der Waals surface area (Å²) in [4.78, 5) is 23.2. The smallest absolute Gasteiger partial charge is 0.429 e. The van der Waals surface area contributed by atoms with Gasteiger partial charge in [-0.1, -0.05) is 12.2 Å². The second-order valence-corrected chi connectivity index (χ2v) is 4.83. The van der Waals surface area contributed by atoms with E-state index in [4.69, 9.17) is 9.84 Å². The molecule has 6 nitrogen and oxygen atoms in total. The molecule has 0 heterocycles. The van der Waals surface area contributed by atoms with E-state index in [0.717, 1.165) is 10.0 Å². The maximum absolute atomic E-state index is 12.0.